The molecule has 0 rings (SSSR count). The lowest BCUT2D eigenvalue weighted by atomic mass is 10.4. The molecule has 0 aromatic heterocycles. The molecule has 0 spiro atoms. The van der Waals surface area contributed by atoms with Gasteiger partial charge in [0.05, 0.1) is 145 Å². The highest BCUT2D eigenvalue weighted by Crippen LogP contribution is 1.99. The van der Waals surface area contributed by atoms with E-state index in [1.165, 1.54) is 0 Å². The molecule has 0 saturated heterocycles. The van der Waals surface area contributed by atoms with E-state index in [0.29, 0.717) is 65.9 Å². The number of amides is 4. The molecule has 71 heavy (non-hydrogen) atoms. The van der Waals surface area contributed by atoms with Crippen LogP contribution in [0.15, 0.2) is 26.3 Å². The molecule has 0 aromatic carbocycles. The van der Waals surface area contributed by atoms with Crippen LogP contribution in [0.5, 0.6) is 0 Å². The van der Waals surface area contributed by atoms with E-state index in [2.05, 4.69) is 47.9 Å². The quantitative estimate of drug-likeness (QED) is 0.0194. The minimum Gasteiger partial charge on any atom is -0.450 e. The maximum Gasteiger partial charge on any atom is 0.431 e. The topological polar surface area (TPSA) is 255 Å². The molecule has 4 amide bonds. The van der Waals surface area contributed by atoms with Gasteiger partial charge in [-0.3, -0.25) is 9.68 Å². The van der Waals surface area contributed by atoms with Crippen molar-refractivity contribution in [2.24, 2.45) is 0 Å². The van der Waals surface area contributed by atoms with Crippen molar-refractivity contribution in [1.82, 2.24) is 21.6 Å². The van der Waals surface area contributed by atoms with E-state index in [-0.39, 0.29) is 167 Å². The summed E-state index contributed by atoms with van der Waals surface area (Å²) in [6, 6.07) is 0. The van der Waals surface area contributed by atoms with Crippen LogP contribution in [0.3, 0.4) is 0 Å². The zero-order valence-corrected chi connectivity index (χ0v) is 36.7. The van der Waals surface area contributed by atoms with E-state index in [1.807, 2.05) is 0 Å². The molecule has 0 aliphatic heterocycles. The summed E-state index contributed by atoms with van der Waals surface area (Å²) >= 11 is 0. The Kier molecular flexibility index (Phi) is 121. The highest BCUT2D eigenvalue weighted by Gasteiger charge is 2.13. The van der Waals surface area contributed by atoms with Gasteiger partial charge in [-0.25, -0.2) is 19.2 Å². The second kappa shape index (κ2) is 85.9. The lowest BCUT2D eigenvalue weighted by Crippen LogP contribution is -2.31. The van der Waals surface area contributed by atoms with Crippen molar-refractivity contribution >= 4 is 24.4 Å². The smallest absolute Gasteiger partial charge is 0.431 e. The molecule has 0 unspecified atom stereocenters. The Balaban J connectivity index is -0.000000212. The Labute approximate surface area is 434 Å². The molecular weight excluding hydrogens is 937 g/mol. The molecule has 4 N–H and O–H groups in total. The van der Waals surface area contributed by atoms with Gasteiger partial charge in [0, 0.05) is 13.1 Å². The van der Waals surface area contributed by atoms with Crippen molar-refractivity contribution in [3.63, 3.8) is 0 Å². The molecular formula is C48H114N4O19. The number of carbonyl (C=O) groups is 4. The maximum absolute atomic E-state index is 11.3. The molecule has 23 heteroatoms. The normalized spacial score (nSPS) is 8.99. The first-order chi connectivity index (χ1) is 29.9. The molecule has 0 fully saturated rings. The predicted octanol–water partition coefficient (Wildman–Crippen LogP) is 8.69. The maximum atomic E-state index is 11.3. The van der Waals surface area contributed by atoms with Gasteiger partial charge in [-0.1, -0.05) is 74.3 Å². The summed E-state index contributed by atoms with van der Waals surface area (Å²) in [7, 11) is 0. The molecule has 0 radical (unpaired) electrons. The van der Waals surface area contributed by atoms with Crippen LogP contribution >= 0.6 is 0 Å². The summed E-state index contributed by atoms with van der Waals surface area (Å²) in [5.74, 6) is 0. The van der Waals surface area contributed by atoms with E-state index in [0.717, 1.165) is 0 Å². The number of alkyl carbamates (subject to hydrolysis) is 2. The van der Waals surface area contributed by atoms with E-state index in [4.69, 9.17) is 71.3 Å². The summed E-state index contributed by atoms with van der Waals surface area (Å²) in [6.45, 7) is 24.5. The van der Waals surface area contributed by atoms with Crippen LogP contribution in [-0.2, 0) is 71.3 Å². The fourth-order valence-corrected chi connectivity index (χ4v) is 3.79. The fraction of sp³-hybridized carbons (Fsp3) is 0.833. The Morgan fingerprint density at radius 2 is 0.577 bits per heavy atom. The standard InChI is InChI=1S/C34H66N4O19.2C2H4.10CH4/c1-5-50-31(39)35-9-11-43-13-15-46-25-29(26-47-16-14-44-12-10-36-32(40)51-6-2)54-21-17-45-18-22-55-30(27-48-19-23-56-37-33(41)52-7-3)28-49-20-24-57-38-34(42)53-8-4;2*1-2;;;;;;;;;;/h29-30H,5-28H2,1-4H3,(H,35,39)(H,36,40)(H,37,41)(H,38,42);2*1-2H2;10*1H4. The Hall–Kier alpha value is -3.88. The molecule has 0 aliphatic carbocycles. The highest BCUT2D eigenvalue weighted by atomic mass is 16.7. The molecule has 0 atom stereocenters. The molecule has 0 aromatic rings. The second-order valence-corrected chi connectivity index (χ2v) is 10.8. The van der Waals surface area contributed by atoms with Crippen LogP contribution in [0.25, 0.3) is 0 Å². The van der Waals surface area contributed by atoms with Gasteiger partial charge in [0.2, 0.25) is 0 Å². The third kappa shape index (κ3) is 80.5. The number of rotatable bonds is 40. The van der Waals surface area contributed by atoms with Crippen LogP contribution in [0.1, 0.15) is 102 Å². The second-order valence-electron chi connectivity index (χ2n) is 10.8. The predicted molar refractivity (Wildman–Crippen MR) is 287 cm³/mol. The first-order valence-electron chi connectivity index (χ1n) is 20.0. The lowest BCUT2D eigenvalue weighted by Gasteiger charge is -2.19. The van der Waals surface area contributed by atoms with Crippen molar-refractivity contribution in [2.45, 2.75) is 114 Å². The van der Waals surface area contributed by atoms with Crippen molar-refractivity contribution in [1.29, 1.82) is 0 Å². The SMILES string of the molecule is C.C.C.C.C.C.C.C.C.C.C=C.C=C.CCOC(=O)NCCOCCOCC(COCCOCCNC(=O)OCC)OCCOCCOC(COCCONC(=O)OCC)COCCONC(=O)OCC. The van der Waals surface area contributed by atoms with E-state index < -0.39 is 36.6 Å². The average molecular weight is 1050 g/mol. The lowest BCUT2D eigenvalue weighted by molar-refractivity contribution is -0.0988. The first-order valence-corrected chi connectivity index (χ1v) is 20.0. The highest BCUT2D eigenvalue weighted by molar-refractivity contribution is 5.67. The first kappa shape index (κ1) is 100. The number of hydroxylamine groups is 2. The minimum atomic E-state index is -0.699. The molecule has 440 valence electrons. The van der Waals surface area contributed by atoms with Crippen LogP contribution < -0.4 is 21.6 Å². The fourth-order valence-electron chi connectivity index (χ4n) is 3.79. The molecule has 23 nitrogen and oxygen atoms in total. The summed E-state index contributed by atoms with van der Waals surface area (Å²) < 4.78 is 70.0. The number of ether oxygens (including phenoxy) is 13. The van der Waals surface area contributed by atoms with Gasteiger partial charge < -0.3 is 72.2 Å². The average Bonchev–Trinajstić information content (AvgIpc) is 3.25. The van der Waals surface area contributed by atoms with Crippen LogP contribution in [-0.4, -0.2) is 195 Å². The van der Waals surface area contributed by atoms with Gasteiger partial charge in [-0.2, -0.15) is 11.0 Å². The number of carbonyl (C=O) groups excluding carboxylic acids is 4. The van der Waals surface area contributed by atoms with E-state index in [9.17, 15) is 19.2 Å². The van der Waals surface area contributed by atoms with E-state index >= 15 is 0 Å². The number of nitrogens with one attached hydrogen (secondary N) is 4. The van der Waals surface area contributed by atoms with Crippen molar-refractivity contribution in [3.8, 4) is 0 Å². The zero-order valence-electron chi connectivity index (χ0n) is 36.7. The monoisotopic (exact) mass is 1050 g/mol. The zero-order chi connectivity index (χ0) is 45.9. The third-order valence-corrected chi connectivity index (χ3v) is 6.23. The van der Waals surface area contributed by atoms with Crippen LogP contribution in [0.4, 0.5) is 19.2 Å². The molecule has 0 heterocycles. The van der Waals surface area contributed by atoms with Gasteiger partial charge >= 0.3 is 24.4 Å². The Bertz CT molecular complexity index is 932. The number of hydrogen-bond donors (Lipinski definition) is 4. The van der Waals surface area contributed by atoms with Gasteiger partial charge in [0.1, 0.15) is 12.2 Å². The third-order valence-electron chi connectivity index (χ3n) is 6.23. The van der Waals surface area contributed by atoms with Crippen LogP contribution in [0, 0.1) is 0 Å². The van der Waals surface area contributed by atoms with Gasteiger partial charge in [-0.05, 0) is 27.7 Å². The van der Waals surface area contributed by atoms with Crippen LogP contribution in [0.2, 0.25) is 0 Å². The summed E-state index contributed by atoms with van der Waals surface area (Å²) in [6.07, 6.45) is -3.28. The largest absolute Gasteiger partial charge is 0.450 e. The Morgan fingerprint density at radius 1 is 0.338 bits per heavy atom. The van der Waals surface area contributed by atoms with Crippen molar-refractivity contribution in [2.75, 3.05) is 158 Å². The van der Waals surface area contributed by atoms with Crippen molar-refractivity contribution in [3.05, 3.63) is 26.3 Å². The summed E-state index contributed by atoms with van der Waals surface area (Å²) in [5, 5.41) is 5.14. The summed E-state index contributed by atoms with van der Waals surface area (Å²) in [5.41, 5.74) is 4.26. The van der Waals surface area contributed by atoms with Gasteiger partial charge in [-0.15, -0.1) is 26.3 Å². The summed E-state index contributed by atoms with van der Waals surface area (Å²) in [4.78, 5) is 55.2. The molecule has 0 bridgehead atoms. The molecule has 0 aliphatic rings. The number of hydrogen-bond acceptors (Lipinski definition) is 19. The van der Waals surface area contributed by atoms with Gasteiger partial charge in [0.25, 0.3) is 0 Å². The van der Waals surface area contributed by atoms with Gasteiger partial charge in [0.15, 0.2) is 0 Å². The van der Waals surface area contributed by atoms with Crippen molar-refractivity contribution < 1.29 is 90.4 Å². The molecule has 0 saturated carbocycles. The minimum absolute atomic E-state index is 0. The van der Waals surface area contributed by atoms with E-state index in [1.54, 1.807) is 27.7 Å². The Morgan fingerprint density at radius 3 is 0.873 bits per heavy atom.